The molecule has 2 aromatic rings. The average Bonchev–Trinajstić information content (AvgIpc) is 3.28. The van der Waals surface area contributed by atoms with Gasteiger partial charge in [-0.3, -0.25) is 4.79 Å². The molecule has 2 aliphatic carbocycles. The van der Waals surface area contributed by atoms with Crippen LogP contribution in [-0.2, 0) is 9.53 Å². The Hall–Kier alpha value is -2.43. The first-order valence-electron chi connectivity index (χ1n) is 11.7. The zero-order valence-corrected chi connectivity index (χ0v) is 18.3. The van der Waals surface area contributed by atoms with E-state index in [-0.39, 0.29) is 23.8 Å². The quantitative estimate of drug-likeness (QED) is 0.479. The molecule has 4 nitrogen and oxygen atoms in total. The van der Waals surface area contributed by atoms with Crippen LogP contribution in [-0.4, -0.2) is 23.7 Å². The zero-order chi connectivity index (χ0) is 21.6. The normalized spacial score (nSPS) is 21.7. The minimum atomic E-state index is -0.165. The van der Waals surface area contributed by atoms with Crippen LogP contribution in [0.2, 0.25) is 0 Å². The predicted molar refractivity (Wildman–Crippen MR) is 118 cm³/mol. The van der Waals surface area contributed by atoms with Crippen molar-refractivity contribution in [2.45, 2.75) is 76.7 Å². The summed E-state index contributed by atoms with van der Waals surface area (Å²) in [5.74, 6) is 0.871. The maximum Gasteiger partial charge on any atom is 0.306 e. The summed E-state index contributed by atoms with van der Waals surface area (Å²) in [4.78, 5) is 16.2. The molecular weight excluding hydrogens is 393 g/mol. The van der Waals surface area contributed by atoms with Crippen LogP contribution in [0.1, 0.15) is 76.2 Å². The molecule has 4 rings (SSSR count). The van der Waals surface area contributed by atoms with Crippen LogP contribution < -0.4 is 4.74 Å². The molecule has 2 aliphatic rings. The molecule has 0 aliphatic heterocycles. The summed E-state index contributed by atoms with van der Waals surface area (Å²) >= 11 is 0. The summed E-state index contributed by atoms with van der Waals surface area (Å²) in [6.45, 7) is 2.26. The second kappa shape index (κ2) is 10.3. The molecule has 0 N–H and O–H groups in total. The molecule has 1 aromatic carbocycles. The lowest BCUT2D eigenvalue weighted by atomic mass is 9.77. The van der Waals surface area contributed by atoms with E-state index in [1.807, 2.05) is 31.2 Å². The standard InChI is InChI=1S/C26H32FNO3/c1-2-30-25(29)16-18-9-11-19(12-10-18)22-14-13-20(17-24(22)27)23-8-5-15-28-26(23)31-21-6-3-4-7-21/h5,8,13-15,17-19,21H,2-4,6-7,9-12,16H2,1H3. The maximum absolute atomic E-state index is 15.1. The van der Waals surface area contributed by atoms with Gasteiger partial charge >= 0.3 is 5.97 Å². The summed E-state index contributed by atoms with van der Waals surface area (Å²) in [5.41, 5.74) is 2.43. The van der Waals surface area contributed by atoms with E-state index in [1.165, 1.54) is 12.8 Å². The number of halogens is 1. The number of pyridine rings is 1. The van der Waals surface area contributed by atoms with Gasteiger partial charge in [0.05, 0.1) is 6.61 Å². The van der Waals surface area contributed by atoms with Crippen molar-refractivity contribution in [2.24, 2.45) is 5.92 Å². The summed E-state index contributed by atoms with van der Waals surface area (Å²) < 4.78 is 26.3. The molecule has 0 bridgehead atoms. The number of nitrogens with zero attached hydrogens (tertiary/aromatic N) is 1. The van der Waals surface area contributed by atoms with Crippen molar-refractivity contribution < 1.29 is 18.7 Å². The number of carbonyl (C=O) groups is 1. The third-order valence-electron chi connectivity index (χ3n) is 6.71. The molecular formula is C26H32FNO3. The Bertz CT molecular complexity index is 886. The summed E-state index contributed by atoms with van der Waals surface area (Å²) in [6, 6.07) is 9.35. The Morgan fingerprint density at radius 1 is 1.10 bits per heavy atom. The van der Waals surface area contributed by atoms with Gasteiger partial charge in [0.2, 0.25) is 5.88 Å². The smallest absolute Gasteiger partial charge is 0.306 e. The van der Waals surface area contributed by atoms with Crippen LogP contribution in [0.4, 0.5) is 4.39 Å². The Labute approximate surface area is 184 Å². The highest BCUT2D eigenvalue weighted by Crippen LogP contribution is 2.40. The number of ether oxygens (including phenoxy) is 2. The number of rotatable bonds is 7. The molecule has 31 heavy (non-hydrogen) atoms. The molecule has 2 saturated carbocycles. The van der Waals surface area contributed by atoms with Gasteiger partial charge in [-0.2, -0.15) is 0 Å². The lowest BCUT2D eigenvalue weighted by Crippen LogP contribution is -2.18. The number of aromatic nitrogens is 1. The van der Waals surface area contributed by atoms with Crippen molar-refractivity contribution in [3.05, 3.63) is 47.9 Å². The Kier molecular flexibility index (Phi) is 7.21. The van der Waals surface area contributed by atoms with Crippen LogP contribution in [0.15, 0.2) is 36.5 Å². The van der Waals surface area contributed by atoms with E-state index in [4.69, 9.17) is 9.47 Å². The van der Waals surface area contributed by atoms with E-state index < -0.39 is 0 Å². The van der Waals surface area contributed by atoms with E-state index in [0.717, 1.165) is 55.2 Å². The first-order valence-corrected chi connectivity index (χ1v) is 11.7. The van der Waals surface area contributed by atoms with Crippen LogP contribution in [0.5, 0.6) is 5.88 Å². The number of hydrogen-bond acceptors (Lipinski definition) is 4. The van der Waals surface area contributed by atoms with Crippen molar-refractivity contribution >= 4 is 5.97 Å². The topological polar surface area (TPSA) is 48.4 Å². The van der Waals surface area contributed by atoms with Crippen molar-refractivity contribution in [2.75, 3.05) is 6.61 Å². The van der Waals surface area contributed by atoms with E-state index in [1.54, 1.807) is 12.3 Å². The summed E-state index contributed by atoms with van der Waals surface area (Å²) in [7, 11) is 0. The second-order valence-corrected chi connectivity index (χ2v) is 8.84. The first kappa shape index (κ1) is 21.8. The Morgan fingerprint density at radius 3 is 2.58 bits per heavy atom. The Morgan fingerprint density at radius 2 is 1.87 bits per heavy atom. The molecule has 0 spiro atoms. The van der Waals surface area contributed by atoms with Crippen molar-refractivity contribution in [3.63, 3.8) is 0 Å². The molecule has 166 valence electrons. The second-order valence-electron chi connectivity index (χ2n) is 8.84. The predicted octanol–water partition coefficient (Wildman–Crippen LogP) is 6.44. The highest BCUT2D eigenvalue weighted by molar-refractivity contribution is 5.70. The van der Waals surface area contributed by atoms with Crippen LogP contribution in [0.25, 0.3) is 11.1 Å². The lowest BCUT2D eigenvalue weighted by molar-refractivity contribution is -0.144. The highest BCUT2D eigenvalue weighted by atomic mass is 19.1. The fourth-order valence-electron chi connectivity index (χ4n) is 5.03. The van der Waals surface area contributed by atoms with Crippen molar-refractivity contribution in [3.8, 4) is 17.0 Å². The molecule has 1 heterocycles. The summed E-state index contributed by atoms with van der Waals surface area (Å²) in [6.07, 6.45) is 10.6. The van der Waals surface area contributed by atoms with Gasteiger partial charge in [0.25, 0.3) is 0 Å². The molecule has 5 heteroatoms. The molecule has 0 saturated heterocycles. The highest BCUT2D eigenvalue weighted by Gasteiger charge is 2.26. The first-order chi connectivity index (χ1) is 15.1. The minimum absolute atomic E-state index is 0.117. The van der Waals surface area contributed by atoms with Gasteiger partial charge in [-0.1, -0.05) is 12.1 Å². The van der Waals surface area contributed by atoms with Crippen LogP contribution >= 0.6 is 0 Å². The minimum Gasteiger partial charge on any atom is -0.474 e. The zero-order valence-electron chi connectivity index (χ0n) is 18.3. The Balaban J connectivity index is 1.43. The molecule has 0 radical (unpaired) electrons. The van der Waals surface area contributed by atoms with Gasteiger partial charge in [-0.25, -0.2) is 9.37 Å². The van der Waals surface area contributed by atoms with Crippen LogP contribution in [0, 0.1) is 11.7 Å². The van der Waals surface area contributed by atoms with Gasteiger partial charge in [0, 0.05) is 18.2 Å². The van der Waals surface area contributed by atoms with Gasteiger partial charge < -0.3 is 9.47 Å². The lowest BCUT2D eigenvalue weighted by Gasteiger charge is -2.28. The monoisotopic (exact) mass is 425 g/mol. The molecule has 0 unspecified atom stereocenters. The number of carbonyl (C=O) groups excluding carboxylic acids is 1. The van der Waals surface area contributed by atoms with E-state index in [9.17, 15) is 4.79 Å². The number of benzene rings is 1. The SMILES string of the molecule is CCOC(=O)CC1CCC(c2ccc(-c3cccnc3OC3CCCC3)cc2F)CC1. The summed E-state index contributed by atoms with van der Waals surface area (Å²) in [5, 5.41) is 0. The molecule has 0 amide bonds. The van der Waals surface area contributed by atoms with Crippen molar-refractivity contribution in [1.82, 2.24) is 4.98 Å². The van der Waals surface area contributed by atoms with Gasteiger partial charge in [0.1, 0.15) is 11.9 Å². The molecule has 0 atom stereocenters. The van der Waals surface area contributed by atoms with Crippen LogP contribution in [0.3, 0.4) is 0 Å². The third kappa shape index (κ3) is 5.44. The van der Waals surface area contributed by atoms with E-state index >= 15 is 4.39 Å². The average molecular weight is 426 g/mol. The van der Waals surface area contributed by atoms with Gasteiger partial charge in [-0.05, 0) is 99.5 Å². The van der Waals surface area contributed by atoms with Gasteiger partial charge in [0.15, 0.2) is 0 Å². The van der Waals surface area contributed by atoms with E-state index in [0.29, 0.717) is 24.8 Å². The number of hydrogen-bond donors (Lipinski definition) is 0. The van der Waals surface area contributed by atoms with Gasteiger partial charge in [-0.15, -0.1) is 0 Å². The fraction of sp³-hybridized carbons (Fsp3) is 0.538. The largest absolute Gasteiger partial charge is 0.474 e. The fourth-order valence-corrected chi connectivity index (χ4v) is 5.03. The van der Waals surface area contributed by atoms with Crippen molar-refractivity contribution in [1.29, 1.82) is 0 Å². The third-order valence-corrected chi connectivity index (χ3v) is 6.71. The molecule has 1 aromatic heterocycles. The van der Waals surface area contributed by atoms with E-state index in [2.05, 4.69) is 4.98 Å². The maximum atomic E-state index is 15.1. The number of esters is 1. The molecule has 2 fully saturated rings.